The topological polar surface area (TPSA) is 61.8 Å². The van der Waals surface area contributed by atoms with Gasteiger partial charge in [-0.25, -0.2) is 4.39 Å². The first-order valence-electron chi connectivity index (χ1n) is 9.59. The number of rotatable bonds is 6. The summed E-state index contributed by atoms with van der Waals surface area (Å²) >= 11 is 0. The molecule has 0 aromatic heterocycles. The minimum absolute atomic E-state index is 0.146. The number of halogens is 1. The van der Waals surface area contributed by atoms with Crippen LogP contribution in [-0.2, 0) is 11.3 Å². The summed E-state index contributed by atoms with van der Waals surface area (Å²) in [6.07, 6.45) is 7.02. The first kappa shape index (κ1) is 19.1. The van der Waals surface area contributed by atoms with Gasteiger partial charge < -0.3 is 20.1 Å². The highest BCUT2D eigenvalue weighted by Gasteiger charge is 2.42. The van der Waals surface area contributed by atoms with Gasteiger partial charge in [-0.2, -0.15) is 0 Å². The van der Waals surface area contributed by atoms with E-state index in [1.54, 1.807) is 17.0 Å². The van der Waals surface area contributed by atoms with Crippen molar-refractivity contribution in [1.29, 1.82) is 0 Å². The van der Waals surface area contributed by atoms with Crippen molar-refractivity contribution >= 4 is 5.91 Å². The van der Waals surface area contributed by atoms with Gasteiger partial charge in [-0.05, 0) is 43.9 Å². The quantitative estimate of drug-likeness (QED) is 0.815. The minimum Gasteiger partial charge on any atom is -0.497 e. The maximum absolute atomic E-state index is 14.1. The van der Waals surface area contributed by atoms with Gasteiger partial charge in [0.2, 0.25) is 0 Å². The predicted octanol–water partition coefficient (Wildman–Crippen LogP) is 2.61. The van der Waals surface area contributed by atoms with Gasteiger partial charge >= 0.3 is 0 Å². The molecule has 3 rings (SSSR count). The first-order valence-corrected chi connectivity index (χ1v) is 9.59. The molecule has 1 amide bonds. The van der Waals surface area contributed by atoms with Crippen LogP contribution in [0.5, 0.6) is 5.75 Å². The Hall–Kier alpha value is -1.66. The molecule has 5 nitrogen and oxygen atoms in total. The standard InChI is InChI=1S/C20H29FN2O3/c1-26-17-8-9-18(21)15(12-17)13-23-11-5-10-20(25,19(23)24)14-22-16-6-3-2-4-7-16/h8-9,12,16,22,25H,2-7,10-11,13-14H2,1H3/t20-/m0/s1. The van der Waals surface area contributed by atoms with Crippen molar-refractivity contribution in [1.82, 2.24) is 10.2 Å². The third kappa shape index (κ3) is 4.35. The van der Waals surface area contributed by atoms with Crippen LogP contribution in [-0.4, -0.2) is 47.8 Å². The van der Waals surface area contributed by atoms with Gasteiger partial charge in [-0.3, -0.25) is 4.79 Å². The average molecular weight is 364 g/mol. The number of nitrogens with one attached hydrogen (secondary N) is 1. The number of hydrogen-bond donors (Lipinski definition) is 2. The van der Waals surface area contributed by atoms with E-state index in [2.05, 4.69) is 5.32 Å². The van der Waals surface area contributed by atoms with E-state index >= 15 is 0 Å². The van der Waals surface area contributed by atoms with Crippen LogP contribution >= 0.6 is 0 Å². The third-order valence-corrected chi connectivity index (χ3v) is 5.61. The first-order chi connectivity index (χ1) is 12.5. The summed E-state index contributed by atoms with van der Waals surface area (Å²) < 4.78 is 19.2. The highest BCUT2D eigenvalue weighted by Crippen LogP contribution is 2.26. The molecule has 144 valence electrons. The van der Waals surface area contributed by atoms with Crippen LogP contribution in [0.3, 0.4) is 0 Å². The van der Waals surface area contributed by atoms with Crippen molar-refractivity contribution in [3.8, 4) is 5.75 Å². The van der Waals surface area contributed by atoms with Crippen LogP contribution in [0.2, 0.25) is 0 Å². The fourth-order valence-electron chi connectivity index (χ4n) is 4.00. The van der Waals surface area contributed by atoms with Gasteiger partial charge in [0.25, 0.3) is 5.91 Å². The van der Waals surface area contributed by atoms with Crippen molar-refractivity contribution in [2.75, 3.05) is 20.2 Å². The summed E-state index contributed by atoms with van der Waals surface area (Å²) in [5, 5.41) is 14.3. The zero-order valence-electron chi connectivity index (χ0n) is 15.5. The van der Waals surface area contributed by atoms with E-state index in [1.807, 2.05) is 0 Å². The van der Waals surface area contributed by atoms with E-state index in [0.717, 1.165) is 12.8 Å². The van der Waals surface area contributed by atoms with Gasteiger partial charge in [0.05, 0.1) is 7.11 Å². The normalized spacial score (nSPS) is 24.7. The number of nitrogens with zero attached hydrogens (tertiary/aromatic N) is 1. The monoisotopic (exact) mass is 364 g/mol. The lowest BCUT2D eigenvalue weighted by Crippen LogP contribution is -2.58. The Balaban J connectivity index is 1.64. The minimum atomic E-state index is -1.40. The van der Waals surface area contributed by atoms with Crippen molar-refractivity contribution < 1.29 is 19.0 Å². The fourth-order valence-corrected chi connectivity index (χ4v) is 4.00. The van der Waals surface area contributed by atoms with Gasteiger partial charge in [-0.15, -0.1) is 0 Å². The zero-order valence-corrected chi connectivity index (χ0v) is 15.5. The molecule has 2 N–H and O–H groups in total. The van der Waals surface area contributed by atoms with Gasteiger partial charge in [0, 0.05) is 31.2 Å². The third-order valence-electron chi connectivity index (χ3n) is 5.61. The smallest absolute Gasteiger partial charge is 0.256 e. The van der Waals surface area contributed by atoms with Crippen molar-refractivity contribution in [3.05, 3.63) is 29.6 Å². The largest absolute Gasteiger partial charge is 0.497 e. The molecule has 0 unspecified atom stereocenters. The summed E-state index contributed by atoms with van der Waals surface area (Å²) in [4.78, 5) is 14.4. The Bertz CT molecular complexity index is 633. The number of hydrogen-bond acceptors (Lipinski definition) is 4. The van der Waals surface area contributed by atoms with E-state index in [9.17, 15) is 14.3 Å². The molecular weight excluding hydrogens is 335 g/mol. The number of carbonyl (C=O) groups is 1. The molecule has 1 heterocycles. The molecule has 0 spiro atoms. The SMILES string of the molecule is COc1ccc(F)c(CN2CCC[C@](O)(CNC3CCCCC3)C2=O)c1. The summed E-state index contributed by atoms with van der Waals surface area (Å²) in [6, 6.07) is 4.89. The molecule has 1 atom stereocenters. The highest BCUT2D eigenvalue weighted by molar-refractivity contribution is 5.86. The van der Waals surface area contributed by atoms with Gasteiger partial charge in [0.15, 0.2) is 5.60 Å². The second kappa shape index (κ2) is 8.35. The van der Waals surface area contributed by atoms with Crippen LogP contribution < -0.4 is 10.1 Å². The molecule has 1 aliphatic heterocycles. The number of carbonyl (C=O) groups excluding carboxylic acids is 1. The number of benzene rings is 1. The van der Waals surface area contributed by atoms with Crippen LogP contribution in [0.1, 0.15) is 50.5 Å². The fraction of sp³-hybridized carbons (Fsp3) is 0.650. The van der Waals surface area contributed by atoms with Crippen molar-refractivity contribution in [2.24, 2.45) is 0 Å². The summed E-state index contributed by atoms with van der Waals surface area (Å²) in [7, 11) is 1.53. The van der Waals surface area contributed by atoms with Gasteiger partial charge in [-0.1, -0.05) is 19.3 Å². The van der Waals surface area contributed by atoms with E-state index in [-0.39, 0.29) is 24.8 Å². The van der Waals surface area contributed by atoms with Crippen molar-refractivity contribution in [2.45, 2.75) is 63.1 Å². The molecule has 2 fully saturated rings. The van der Waals surface area contributed by atoms with Crippen LogP contribution in [0, 0.1) is 5.82 Å². The van der Waals surface area contributed by atoms with E-state index in [0.29, 0.717) is 36.7 Å². The maximum Gasteiger partial charge on any atom is 0.256 e. The molecule has 26 heavy (non-hydrogen) atoms. The number of ether oxygens (including phenoxy) is 1. The lowest BCUT2D eigenvalue weighted by Gasteiger charge is -2.39. The Labute approximate surface area is 154 Å². The Morgan fingerprint density at radius 2 is 2.08 bits per heavy atom. The molecule has 1 aromatic rings. The Morgan fingerprint density at radius 1 is 1.31 bits per heavy atom. The number of amides is 1. The highest BCUT2D eigenvalue weighted by atomic mass is 19.1. The number of aliphatic hydroxyl groups is 1. The number of likely N-dealkylation sites (tertiary alicyclic amines) is 1. The number of methoxy groups -OCH3 is 1. The van der Waals surface area contributed by atoms with E-state index < -0.39 is 5.60 Å². The number of piperidine rings is 1. The lowest BCUT2D eigenvalue weighted by molar-refractivity contribution is -0.157. The molecule has 6 heteroatoms. The molecular formula is C20H29FN2O3. The second-order valence-electron chi connectivity index (χ2n) is 7.54. The molecule has 1 aromatic carbocycles. The predicted molar refractivity (Wildman–Crippen MR) is 97.4 cm³/mol. The maximum atomic E-state index is 14.1. The molecule has 0 radical (unpaired) electrons. The summed E-state index contributed by atoms with van der Waals surface area (Å²) in [6.45, 7) is 0.947. The second-order valence-corrected chi connectivity index (χ2v) is 7.54. The van der Waals surface area contributed by atoms with Crippen molar-refractivity contribution in [3.63, 3.8) is 0 Å². The molecule has 0 bridgehead atoms. The average Bonchev–Trinajstić information content (AvgIpc) is 2.66. The summed E-state index contributed by atoms with van der Waals surface area (Å²) in [5.74, 6) is -0.123. The zero-order chi connectivity index (χ0) is 18.6. The van der Waals surface area contributed by atoms with Crippen LogP contribution in [0.25, 0.3) is 0 Å². The summed E-state index contributed by atoms with van der Waals surface area (Å²) in [5.41, 5.74) is -0.993. The van der Waals surface area contributed by atoms with Gasteiger partial charge in [0.1, 0.15) is 11.6 Å². The molecule has 2 aliphatic rings. The molecule has 1 saturated heterocycles. The Kier molecular flexibility index (Phi) is 6.14. The lowest BCUT2D eigenvalue weighted by atomic mass is 9.89. The van der Waals surface area contributed by atoms with Crippen LogP contribution in [0.4, 0.5) is 4.39 Å². The Morgan fingerprint density at radius 3 is 2.81 bits per heavy atom. The molecule has 1 saturated carbocycles. The van der Waals surface area contributed by atoms with E-state index in [4.69, 9.17) is 4.74 Å². The van der Waals surface area contributed by atoms with E-state index in [1.165, 1.54) is 32.4 Å². The van der Waals surface area contributed by atoms with Crippen LogP contribution in [0.15, 0.2) is 18.2 Å². The molecule has 1 aliphatic carbocycles.